The lowest BCUT2D eigenvalue weighted by Gasteiger charge is -2.01. The fourth-order valence-electron chi connectivity index (χ4n) is 1.18. The summed E-state index contributed by atoms with van der Waals surface area (Å²) in [6.45, 7) is 0. The van der Waals surface area contributed by atoms with Crippen molar-refractivity contribution in [2.45, 2.75) is 0 Å². The van der Waals surface area contributed by atoms with Crippen LogP contribution in [-0.2, 0) is 0 Å². The van der Waals surface area contributed by atoms with Gasteiger partial charge in [0.25, 0.3) is 0 Å². The largest absolute Gasteiger partial charge is 0.506 e. The van der Waals surface area contributed by atoms with Crippen LogP contribution in [0.4, 0.5) is 8.78 Å². The normalized spacial score (nSPS) is 11.8. The number of halogens is 2. The zero-order valence-corrected chi connectivity index (χ0v) is 8.01. The molecule has 0 saturated heterocycles. The molecule has 0 radical (unpaired) electrons. The molecule has 0 aliphatic heterocycles. The highest BCUT2D eigenvalue weighted by molar-refractivity contribution is 5.68. The summed E-state index contributed by atoms with van der Waals surface area (Å²) in [5.41, 5.74) is -0.100. The van der Waals surface area contributed by atoms with Crippen LogP contribution in [0.5, 0.6) is 0 Å². The fraction of sp³-hybridized carbons (Fsp3) is 0. The summed E-state index contributed by atoms with van der Waals surface area (Å²) in [4.78, 5) is 3.65. The van der Waals surface area contributed by atoms with Crippen molar-refractivity contribution in [2.75, 3.05) is 0 Å². The average Bonchev–Trinajstić information content (AvgIpc) is 2.70. The Labute approximate surface area is 89.5 Å². The van der Waals surface area contributed by atoms with Crippen LogP contribution in [0.1, 0.15) is 5.56 Å². The van der Waals surface area contributed by atoms with Crippen molar-refractivity contribution in [1.29, 1.82) is 0 Å². The van der Waals surface area contributed by atoms with Gasteiger partial charge in [-0.1, -0.05) is 0 Å². The van der Waals surface area contributed by atoms with Crippen molar-refractivity contribution < 1.29 is 13.9 Å². The molecule has 0 aliphatic rings. The highest BCUT2D eigenvalue weighted by Gasteiger charge is 2.07. The third kappa shape index (κ3) is 2.05. The number of hydrogen-bond acceptors (Lipinski definition) is 3. The van der Waals surface area contributed by atoms with E-state index in [-0.39, 0.29) is 11.3 Å². The second-order valence-electron chi connectivity index (χ2n) is 3.01. The predicted octanol–water partition coefficient (Wildman–Crippen LogP) is 2.07. The van der Waals surface area contributed by atoms with Crippen LogP contribution in [0.3, 0.4) is 0 Å². The van der Waals surface area contributed by atoms with Crippen molar-refractivity contribution in [3.8, 4) is 0 Å². The first kappa shape index (κ1) is 10.3. The van der Waals surface area contributed by atoms with Crippen LogP contribution in [0.2, 0.25) is 0 Å². The molecule has 0 fully saturated rings. The van der Waals surface area contributed by atoms with Gasteiger partial charge in [-0.3, -0.25) is 0 Å². The highest BCUT2D eigenvalue weighted by atomic mass is 19.1. The number of aliphatic hydroxyl groups is 1. The lowest BCUT2D eigenvalue weighted by atomic mass is 10.2. The molecule has 0 amide bonds. The SMILES string of the molecule is O/C(=C/n1cncn1)c1ccc(F)cc1F. The first-order chi connectivity index (χ1) is 7.66. The Morgan fingerprint density at radius 1 is 1.38 bits per heavy atom. The molecule has 1 N–H and O–H groups in total. The van der Waals surface area contributed by atoms with Gasteiger partial charge in [-0.25, -0.2) is 18.4 Å². The molecule has 16 heavy (non-hydrogen) atoms. The number of benzene rings is 1. The molecule has 1 heterocycles. The van der Waals surface area contributed by atoms with Crippen molar-refractivity contribution in [3.63, 3.8) is 0 Å². The van der Waals surface area contributed by atoms with Gasteiger partial charge < -0.3 is 5.11 Å². The lowest BCUT2D eigenvalue weighted by Crippen LogP contribution is -1.94. The predicted molar refractivity (Wildman–Crippen MR) is 53.2 cm³/mol. The Hall–Kier alpha value is -2.24. The number of rotatable bonds is 2. The Morgan fingerprint density at radius 2 is 2.19 bits per heavy atom. The summed E-state index contributed by atoms with van der Waals surface area (Å²) in [5, 5.41) is 13.3. The minimum atomic E-state index is -0.839. The molecule has 2 aromatic rings. The molecule has 2 rings (SSSR count). The minimum Gasteiger partial charge on any atom is -0.506 e. The number of hydrogen-bond donors (Lipinski definition) is 1. The molecule has 1 aromatic carbocycles. The highest BCUT2D eigenvalue weighted by Crippen LogP contribution is 2.17. The molecule has 0 aliphatic carbocycles. The molecule has 0 atom stereocenters. The fourth-order valence-corrected chi connectivity index (χ4v) is 1.18. The zero-order valence-electron chi connectivity index (χ0n) is 8.01. The molecule has 0 spiro atoms. The molecular formula is C10H7F2N3O. The summed E-state index contributed by atoms with van der Waals surface area (Å²) in [7, 11) is 0. The number of nitrogens with zero attached hydrogens (tertiary/aromatic N) is 3. The van der Waals surface area contributed by atoms with Crippen molar-refractivity contribution in [2.24, 2.45) is 0 Å². The van der Waals surface area contributed by atoms with Gasteiger partial charge in [-0.15, -0.1) is 0 Å². The standard InChI is InChI=1S/C10H7F2N3O/c11-7-1-2-8(9(12)3-7)10(16)4-15-6-13-5-14-15/h1-6,16H/b10-4+. The summed E-state index contributed by atoms with van der Waals surface area (Å²) >= 11 is 0. The quantitative estimate of drug-likeness (QED) is 0.793. The monoisotopic (exact) mass is 223 g/mol. The van der Waals surface area contributed by atoms with Crippen LogP contribution in [0.15, 0.2) is 30.9 Å². The third-order valence-corrected chi connectivity index (χ3v) is 1.90. The summed E-state index contributed by atoms with van der Waals surface area (Å²) < 4.78 is 27.1. The Balaban J connectivity index is 2.37. The second-order valence-corrected chi connectivity index (χ2v) is 3.01. The Bertz CT molecular complexity index is 523. The van der Waals surface area contributed by atoms with E-state index in [2.05, 4.69) is 10.1 Å². The van der Waals surface area contributed by atoms with Crippen LogP contribution >= 0.6 is 0 Å². The van der Waals surface area contributed by atoms with E-state index in [4.69, 9.17) is 0 Å². The number of aliphatic hydroxyl groups excluding tert-OH is 1. The van der Waals surface area contributed by atoms with Gasteiger partial charge in [0.15, 0.2) is 0 Å². The van der Waals surface area contributed by atoms with E-state index >= 15 is 0 Å². The summed E-state index contributed by atoms with van der Waals surface area (Å²) in [5.74, 6) is -1.90. The van der Waals surface area contributed by atoms with Crippen LogP contribution in [0, 0.1) is 11.6 Å². The van der Waals surface area contributed by atoms with E-state index in [0.29, 0.717) is 6.07 Å². The van der Waals surface area contributed by atoms with E-state index in [9.17, 15) is 13.9 Å². The second kappa shape index (κ2) is 4.09. The molecule has 0 bridgehead atoms. The van der Waals surface area contributed by atoms with Gasteiger partial charge in [-0.2, -0.15) is 5.10 Å². The van der Waals surface area contributed by atoms with Crippen LogP contribution in [-0.4, -0.2) is 19.9 Å². The van der Waals surface area contributed by atoms with Crippen LogP contribution < -0.4 is 0 Å². The van der Waals surface area contributed by atoms with Gasteiger partial charge >= 0.3 is 0 Å². The van der Waals surface area contributed by atoms with Gasteiger partial charge in [0.1, 0.15) is 30.0 Å². The smallest absolute Gasteiger partial charge is 0.144 e. The molecule has 4 nitrogen and oxygen atoms in total. The molecular weight excluding hydrogens is 216 g/mol. The number of aromatic nitrogens is 3. The topological polar surface area (TPSA) is 50.9 Å². The molecule has 82 valence electrons. The van der Waals surface area contributed by atoms with Crippen molar-refractivity contribution >= 4 is 12.0 Å². The van der Waals surface area contributed by atoms with Gasteiger partial charge in [-0.05, 0) is 12.1 Å². The maximum atomic E-state index is 13.2. The van der Waals surface area contributed by atoms with Crippen LogP contribution in [0.25, 0.3) is 12.0 Å². The van der Waals surface area contributed by atoms with E-state index < -0.39 is 11.6 Å². The van der Waals surface area contributed by atoms with Gasteiger partial charge in [0.05, 0.1) is 11.8 Å². The first-order valence-electron chi connectivity index (χ1n) is 4.37. The maximum Gasteiger partial charge on any atom is 0.144 e. The molecule has 1 aromatic heterocycles. The van der Waals surface area contributed by atoms with Crippen molar-refractivity contribution in [1.82, 2.24) is 14.8 Å². The van der Waals surface area contributed by atoms with E-state index in [1.54, 1.807) is 0 Å². The van der Waals surface area contributed by atoms with E-state index in [0.717, 1.165) is 12.1 Å². The zero-order chi connectivity index (χ0) is 11.5. The average molecular weight is 223 g/mol. The van der Waals surface area contributed by atoms with E-state index in [1.165, 1.54) is 23.5 Å². The molecule has 6 heteroatoms. The molecule has 0 unspecified atom stereocenters. The summed E-state index contributed by atoms with van der Waals surface area (Å²) in [6, 6.07) is 2.90. The maximum absolute atomic E-state index is 13.2. The first-order valence-corrected chi connectivity index (χ1v) is 4.37. The lowest BCUT2D eigenvalue weighted by molar-refractivity contribution is 0.501. The van der Waals surface area contributed by atoms with Gasteiger partial charge in [0.2, 0.25) is 0 Å². The third-order valence-electron chi connectivity index (χ3n) is 1.90. The van der Waals surface area contributed by atoms with Gasteiger partial charge in [0, 0.05) is 6.07 Å². The molecule has 0 saturated carbocycles. The minimum absolute atomic E-state index is 0.100. The Morgan fingerprint density at radius 3 is 2.81 bits per heavy atom. The Kier molecular flexibility index (Phi) is 2.63. The summed E-state index contributed by atoms with van der Waals surface area (Å²) in [6.07, 6.45) is 3.77. The van der Waals surface area contributed by atoms with E-state index in [1.807, 2.05) is 0 Å². The van der Waals surface area contributed by atoms with Crippen molar-refractivity contribution in [3.05, 3.63) is 48.1 Å².